The fourth-order valence-corrected chi connectivity index (χ4v) is 4.21. The van der Waals surface area contributed by atoms with E-state index >= 15 is 0 Å². The molecule has 154 valence electrons. The summed E-state index contributed by atoms with van der Waals surface area (Å²) in [6.07, 6.45) is 1.91. The molecule has 1 saturated heterocycles. The van der Waals surface area contributed by atoms with Crippen molar-refractivity contribution >= 4 is 11.8 Å². The van der Waals surface area contributed by atoms with Gasteiger partial charge in [-0.1, -0.05) is 36.4 Å². The van der Waals surface area contributed by atoms with E-state index in [1.54, 1.807) is 12.1 Å². The quantitative estimate of drug-likeness (QED) is 0.752. The smallest absolute Gasteiger partial charge is 0.411 e. The second-order valence-electron chi connectivity index (χ2n) is 8.15. The second kappa shape index (κ2) is 8.13. The lowest BCUT2D eigenvalue weighted by molar-refractivity contribution is -0.145. The van der Waals surface area contributed by atoms with Gasteiger partial charge in [0.1, 0.15) is 12.4 Å². The van der Waals surface area contributed by atoms with E-state index < -0.39 is 11.9 Å². The molecule has 0 spiro atoms. The van der Waals surface area contributed by atoms with Gasteiger partial charge in [-0.25, -0.2) is 9.18 Å². The van der Waals surface area contributed by atoms with Crippen LogP contribution < -0.4 is 5.32 Å². The summed E-state index contributed by atoms with van der Waals surface area (Å²) >= 11 is 0. The van der Waals surface area contributed by atoms with Crippen molar-refractivity contribution < 1.29 is 23.4 Å². The van der Waals surface area contributed by atoms with Crippen LogP contribution >= 0.6 is 0 Å². The number of benzene rings is 2. The van der Waals surface area contributed by atoms with Gasteiger partial charge in [-0.2, -0.15) is 0 Å². The summed E-state index contributed by atoms with van der Waals surface area (Å²) < 4.78 is 31.8. The maximum atomic E-state index is 14.8. The lowest BCUT2D eigenvalue weighted by Crippen LogP contribution is -2.30. The molecule has 2 aliphatic rings. The van der Waals surface area contributed by atoms with E-state index in [9.17, 15) is 9.18 Å². The van der Waals surface area contributed by atoms with Gasteiger partial charge in [0.05, 0.1) is 12.2 Å². The average Bonchev–Trinajstić information content (AvgIpc) is 3.00. The molecule has 1 saturated carbocycles. The third-order valence-corrected chi connectivity index (χ3v) is 5.50. The first-order chi connectivity index (χ1) is 13.9. The first kappa shape index (κ1) is 19.9. The van der Waals surface area contributed by atoms with Gasteiger partial charge in [-0.15, -0.1) is 0 Å². The van der Waals surface area contributed by atoms with E-state index in [0.717, 1.165) is 24.8 Å². The van der Waals surface area contributed by atoms with Gasteiger partial charge in [0.2, 0.25) is 0 Å². The summed E-state index contributed by atoms with van der Waals surface area (Å²) in [7, 11) is 0. The average molecular weight is 399 g/mol. The maximum absolute atomic E-state index is 14.8. The highest BCUT2D eigenvalue weighted by molar-refractivity contribution is 5.84. The van der Waals surface area contributed by atoms with Crippen molar-refractivity contribution in [1.29, 1.82) is 0 Å². The van der Waals surface area contributed by atoms with E-state index in [4.69, 9.17) is 14.2 Å². The number of carbonyl (C=O) groups is 1. The van der Waals surface area contributed by atoms with Crippen molar-refractivity contribution in [2.45, 2.75) is 63.6 Å². The molecule has 1 aliphatic heterocycles. The summed E-state index contributed by atoms with van der Waals surface area (Å²) in [6.45, 7) is 3.99. The molecule has 1 amide bonds. The number of amides is 1. The normalized spacial score (nSPS) is 25.3. The van der Waals surface area contributed by atoms with Crippen molar-refractivity contribution in [3.8, 4) is 0 Å². The Kier molecular flexibility index (Phi) is 5.56. The molecule has 3 atom stereocenters. The number of anilines is 1. The minimum Gasteiger partial charge on any atom is -0.444 e. The summed E-state index contributed by atoms with van der Waals surface area (Å²) in [5, 5.41) is 2.59. The van der Waals surface area contributed by atoms with Crippen LogP contribution in [0.3, 0.4) is 0 Å². The van der Waals surface area contributed by atoms with Gasteiger partial charge in [0.15, 0.2) is 5.79 Å². The molecule has 6 heteroatoms. The summed E-state index contributed by atoms with van der Waals surface area (Å²) in [6, 6.07) is 14.2. The summed E-state index contributed by atoms with van der Waals surface area (Å²) in [5.74, 6) is -0.822. The largest absolute Gasteiger partial charge is 0.444 e. The Morgan fingerprint density at radius 1 is 1.14 bits per heavy atom. The summed E-state index contributed by atoms with van der Waals surface area (Å²) in [5.41, 5.74) is 1.92. The van der Waals surface area contributed by atoms with Crippen LogP contribution in [0.15, 0.2) is 48.5 Å². The zero-order chi connectivity index (χ0) is 20.4. The number of halogens is 1. The van der Waals surface area contributed by atoms with E-state index in [1.807, 2.05) is 44.2 Å². The monoisotopic (exact) mass is 399 g/mol. The van der Waals surface area contributed by atoms with Gasteiger partial charge < -0.3 is 14.2 Å². The minimum absolute atomic E-state index is 0.00563. The summed E-state index contributed by atoms with van der Waals surface area (Å²) in [4.78, 5) is 12.0. The van der Waals surface area contributed by atoms with Crippen LogP contribution in [0.25, 0.3) is 0 Å². The first-order valence-electron chi connectivity index (χ1n) is 10.0. The van der Waals surface area contributed by atoms with Crippen LogP contribution in [-0.4, -0.2) is 24.1 Å². The first-order valence-corrected chi connectivity index (χ1v) is 10.0. The van der Waals surface area contributed by atoms with Crippen LogP contribution in [0.4, 0.5) is 14.9 Å². The van der Waals surface area contributed by atoms with Crippen LogP contribution in [0.1, 0.15) is 50.2 Å². The highest BCUT2D eigenvalue weighted by atomic mass is 19.1. The number of rotatable bonds is 4. The van der Waals surface area contributed by atoms with Crippen molar-refractivity contribution in [2.24, 2.45) is 0 Å². The van der Waals surface area contributed by atoms with Crippen LogP contribution in [-0.2, 0) is 20.8 Å². The third kappa shape index (κ3) is 4.77. The van der Waals surface area contributed by atoms with Crippen LogP contribution in [0.2, 0.25) is 0 Å². The number of fused-ring (bicyclic) bond motifs is 1. The van der Waals surface area contributed by atoms with E-state index in [2.05, 4.69) is 5.32 Å². The Bertz CT molecular complexity index is 870. The van der Waals surface area contributed by atoms with Gasteiger partial charge >= 0.3 is 6.09 Å². The molecular weight excluding hydrogens is 373 g/mol. The molecule has 0 aromatic heterocycles. The van der Waals surface area contributed by atoms with Crippen LogP contribution in [0, 0.1) is 5.82 Å². The number of hydrogen-bond donors (Lipinski definition) is 1. The fraction of sp³-hybridized carbons (Fsp3) is 0.435. The molecule has 2 fully saturated rings. The molecule has 3 unspecified atom stereocenters. The van der Waals surface area contributed by atoms with Gasteiger partial charge in [-0.05, 0) is 62.3 Å². The highest BCUT2D eigenvalue weighted by Crippen LogP contribution is 2.43. The number of hydrogen-bond acceptors (Lipinski definition) is 4. The molecular formula is C23H26FNO4. The van der Waals surface area contributed by atoms with Gasteiger partial charge in [-0.3, -0.25) is 5.32 Å². The van der Waals surface area contributed by atoms with Gasteiger partial charge in [0.25, 0.3) is 0 Å². The molecule has 29 heavy (non-hydrogen) atoms. The van der Waals surface area contributed by atoms with E-state index in [-0.39, 0.29) is 30.5 Å². The number of ether oxygens (including phenoxy) is 3. The predicted molar refractivity (Wildman–Crippen MR) is 107 cm³/mol. The predicted octanol–water partition coefficient (Wildman–Crippen LogP) is 5.36. The third-order valence-electron chi connectivity index (χ3n) is 5.50. The zero-order valence-electron chi connectivity index (χ0n) is 16.7. The Morgan fingerprint density at radius 3 is 2.66 bits per heavy atom. The Morgan fingerprint density at radius 2 is 1.90 bits per heavy atom. The second-order valence-corrected chi connectivity index (χ2v) is 8.15. The Hall–Kier alpha value is -2.44. The molecule has 2 aromatic rings. The van der Waals surface area contributed by atoms with Crippen LogP contribution in [0.5, 0.6) is 0 Å². The van der Waals surface area contributed by atoms with Crippen molar-refractivity contribution in [2.75, 3.05) is 5.32 Å². The molecule has 4 rings (SSSR count). The SMILES string of the molecule is CC1(C)OC2CCC(c3ccc(NC(=O)OCc4ccccc4)cc3F)CC2O1. The molecule has 5 nitrogen and oxygen atoms in total. The number of carbonyl (C=O) groups excluding carboxylic acids is 1. The van der Waals surface area contributed by atoms with Crippen molar-refractivity contribution in [3.63, 3.8) is 0 Å². The minimum atomic E-state index is -0.611. The topological polar surface area (TPSA) is 56.8 Å². The molecule has 2 aromatic carbocycles. The van der Waals surface area contributed by atoms with Crippen molar-refractivity contribution in [3.05, 3.63) is 65.5 Å². The lowest BCUT2D eigenvalue weighted by Gasteiger charge is -2.30. The van der Waals surface area contributed by atoms with Crippen molar-refractivity contribution in [1.82, 2.24) is 0 Å². The molecule has 1 aliphatic carbocycles. The van der Waals surface area contributed by atoms with Gasteiger partial charge in [0, 0.05) is 5.69 Å². The Labute approximate surface area is 170 Å². The van der Waals surface area contributed by atoms with E-state index in [1.165, 1.54) is 6.07 Å². The standard InChI is InChI=1S/C23H26FNO4/c1-23(2)28-20-11-8-16(12-21(20)29-23)18-10-9-17(13-19(18)24)25-22(26)27-14-15-6-4-3-5-7-15/h3-7,9-10,13,16,20-21H,8,11-12,14H2,1-2H3,(H,25,26). The molecule has 1 N–H and O–H groups in total. The fourth-order valence-electron chi connectivity index (χ4n) is 4.21. The zero-order valence-corrected chi connectivity index (χ0v) is 16.7. The maximum Gasteiger partial charge on any atom is 0.411 e. The Balaban J connectivity index is 1.35. The van der Waals surface area contributed by atoms with E-state index in [0.29, 0.717) is 11.3 Å². The molecule has 0 radical (unpaired) electrons. The number of nitrogens with one attached hydrogen (secondary N) is 1. The molecule has 1 heterocycles. The highest BCUT2D eigenvalue weighted by Gasteiger charge is 2.45. The molecule has 0 bridgehead atoms. The lowest BCUT2D eigenvalue weighted by atomic mass is 9.81.